The van der Waals surface area contributed by atoms with Crippen LogP contribution >= 0.6 is 23.8 Å². The fourth-order valence-electron chi connectivity index (χ4n) is 2.71. The molecule has 4 rings (SSSR count). The molecule has 2 heterocycles. The lowest BCUT2D eigenvalue weighted by Gasteiger charge is -2.18. The summed E-state index contributed by atoms with van der Waals surface area (Å²) in [6.07, 6.45) is 0. The largest absolute Gasteiger partial charge is 0.332 e. The number of nitrogens with one attached hydrogen (secondary N) is 1. The Morgan fingerprint density at radius 1 is 1.09 bits per heavy atom. The molecule has 2 aromatic carbocycles. The van der Waals surface area contributed by atoms with Gasteiger partial charge in [0, 0.05) is 23.8 Å². The van der Waals surface area contributed by atoms with E-state index in [1.165, 1.54) is 0 Å². The molecule has 22 heavy (non-hydrogen) atoms. The van der Waals surface area contributed by atoms with Crippen LogP contribution in [0.5, 0.6) is 0 Å². The molecule has 0 fully saturated rings. The maximum atomic E-state index is 5.90. The van der Waals surface area contributed by atoms with E-state index in [1.807, 2.05) is 47.4 Å². The zero-order chi connectivity index (χ0) is 15.1. The number of halogens is 1. The van der Waals surface area contributed by atoms with E-state index in [0.717, 1.165) is 35.8 Å². The zero-order valence-corrected chi connectivity index (χ0v) is 13.2. The smallest absolute Gasteiger partial charge is 0.213 e. The predicted molar refractivity (Wildman–Crippen MR) is 94.8 cm³/mol. The Morgan fingerprint density at radius 2 is 1.86 bits per heavy atom. The van der Waals surface area contributed by atoms with Crippen LogP contribution in [0.3, 0.4) is 0 Å². The number of aromatic nitrogens is 2. The van der Waals surface area contributed by atoms with E-state index in [9.17, 15) is 0 Å². The van der Waals surface area contributed by atoms with Gasteiger partial charge in [0.15, 0.2) is 5.11 Å². The third kappa shape index (κ3) is 2.23. The quantitative estimate of drug-likeness (QED) is 0.687. The Kier molecular flexibility index (Phi) is 3.24. The summed E-state index contributed by atoms with van der Waals surface area (Å²) in [7, 11) is 0. The Labute approximate surface area is 138 Å². The monoisotopic (exact) mass is 328 g/mol. The van der Waals surface area contributed by atoms with Crippen molar-refractivity contribution in [3.63, 3.8) is 0 Å². The summed E-state index contributed by atoms with van der Waals surface area (Å²) in [6.45, 7) is 1.71. The molecular weight excluding hydrogens is 316 g/mol. The number of hydrogen-bond acceptors (Lipinski definition) is 2. The number of fused-ring (bicyclic) bond motifs is 3. The summed E-state index contributed by atoms with van der Waals surface area (Å²) < 4.78 is 2.20. The van der Waals surface area contributed by atoms with Gasteiger partial charge in [-0.1, -0.05) is 23.7 Å². The van der Waals surface area contributed by atoms with E-state index < -0.39 is 0 Å². The summed E-state index contributed by atoms with van der Waals surface area (Å²) in [5.74, 6) is 0.896. The highest BCUT2D eigenvalue weighted by Gasteiger charge is 2.26. The first-order valence-corrected chi connectivity index (χ1v) is 7.80. The molecule has 1 aromatic heterocycles. The number of para-hydroxylation sites is 2. The molecule has 0 amide bonds. The Balaban J connectivity index is 1.62. The number of benzene rings is 2. The van der Waals surface area contributed by atoms with Gasteiger partial charge in [-0.05, 0) is 48.6 Å². The molecule has 1 N–H and O–H groups in total. The number of imidazole rings is 1. The van der Waals surface area contributed by atoms with Gasteiger partial charge < -0.3 is 9.88 Å². The second-order valence-electron chi connectivity index (χ2n) is 5.14. The standard InChI is InChI=1S/C16H13ClN4S/c17-11-5-7-12(8-6-11)18-16(22)21-10-9-20-14-4-2-1-3-13(14)19-15(20)21/h1-8H,9-10H2,(H,18,22). The molecule has 0 atom stereocenters. The molecule has 0 bridgehead atoms. The molecular formula is C16H13ClN4S. The number of nitrogens with zero attached hydrogens (tertiary/aromatic N) is 3. The van der Waals surface area contributed by atoms with E-state index in [1.54, 1.807) is 0 Å². The first kappa shape index (κ1) is 13.5. The van der Waals surface area contributed by atoms with Crippen molar-refractivity contribution in [2.45, 2.75) is 6.54 Å². The molecule has 1 aliphatic rings. The third-order valence-corrected chi connectivity index (χ3v) is 4.34. The predicted octanol–water partition coefficient (Wildman–Crippen LogP) is 3.91. The molecule has 6 heteroatoms. The maximum absolute atomic E-state index is 5.90. The van der Waals surface area contributed by atoms with Crippen LogP contribution in [0.1, 0.15) is 0 Å². The highest BCUT2D eigenvalue weighted by molar-refractivity contribution is 7.80. The Hall–Kier alpha value is -2.11. The second kappa shape index (κ2) is 5.26. The van der Waals surface area contributed by atoms with Crippen LogP contribution in [0.4, 0.5) is 11.6 Å². The molecule has 0 unspecified atom stereocenters. The van der Waals surface area contributed by atoms with Gasteiger partial charge in [0.2, 0.25) is 5.95 Å². The zero-order valence-electron chi connectivity index (χ0n) is 11.7. The lowest BCUT2D eigenvalue weighted by Crippen LogP contribution is -2.33. The average Bonchev–Trinajstić information content (AvgIpc) is 3.08. The van der Waals surface area contributed by atoms with Gasteiger partial charge >= 0.3 is 0 Å². The van der Waals surface area contributed by atoms with Crippen molar-refractivity contribution >= 4 is 51.6 Å². The van der Waals surface area contributed by atoms with Crippen LogP contribution < -0.4 is 10.2 Å². The van der Waals surface area contributed by atoms with Crippen molar-refractivity contribution in [1.29, 1.82) is 0 Å². The van der Waals surface area contributed by atoms with Crippen LogP contribution in [0.25, 0.3) is 11.0 Å². The van der Waals surface area contributed by atoms with Crippen molar-refractivity contribution in [3.8, 4) is 0 Å². The summed E-state index contributed by atoms with van der Waals surface area (Å²) in [5, 5.41) is 4.60. The normalized spacial score (nSPS) is 13.4. The van der Waals surface area contributed by atoms with Crippen LogP contribution in [0.2, 0.25) is 5.02 Å². The minimum absolute atomic E-state index is 0.649. The van der Waals surface area contributed by atoms with Crippen molar-refractivity contribution in [2.75, 3.05) is 16.8 Å². The fraction of sp³-hybridized carbons (Fsp3) is 0.125. The molecule has 0 saturated heterocycles. The molecule has 0 aliphatic carbocycles. The van der Waals surface area contributed by atoms with E-state index in [0.29, 0.717) is 10.1 Å². The lowest BCUT2D eigenvalue weighted by atomic mass is 10.3. The average molecular weight is 329 g/mol. The molecule has 0 saturated carbocycles. The number of anilines is 2. The van der Waals surface area contributed by atoms with E-state index in [4.69, 9.17) is 28.8 Å². The van der Waals surface area contributed by atoms with Crippen LogP contribution in [-0.2, 0) is 6.54 Å². The van der Waals surface area contributed by atoms with Gasteiger partial charge in [-0.25, -0.2) is 4.98 Å². The van der Waals surface area contributed by atoms with Gasteiger partial charge in [-0.15, -0.1) is 0 Å². The van der Waals surface area contributed by atoms with Crippen molar-refractivity contribution in [2.24, 2.45) is 0 Å². The van der Waals surface area contributed by atoms with Crippen molar-refractivity contribution in [3.05, 3.63) is 53.6 Å². The number of rotatable bonds is 1. The van der Waals surface area contributed by atoms with Gasteiger partial charge in [0.1, 0.15) is 0 Å². The van der Waals surface area contributed by atoms with Gasteiger partial charge in [-0.3, -0.25) is 4.90 Å². The van der Waals surface area contributed by atoms with Crippen LogP contribution in [-0.4, -0.2) is 21.2 Å². The minimum Gasteiger partial charge on any atom is -0.332 e. The first-order chi connectivity index (χ1) is 10.7. The van der Waals surface area contributed by atoms with Gasteiger partial charge in [0.05, 0.1) is 11.0 Å². The summed E-state index contributed by atoms with van der Waals surface area (Å²) in [6, 6.07) is 15.6. The van der Waals surface area contributed by atoms with Crippen molar-refractivity contribution < 1.29 is 0 Å². The van der Waals surface area contributed by atoms with E-state index >= 15 is 0 Å². The maximum Gasteiger partial charge on any atom is 0.213 e. The van der Waals surface area contributed by atoms with Crippen LogP contribution in [0, 0.1) is 0 Å². The SMILES string of the molecule is S=C(Nc1ccc(Cl)cc1)N1CCn2c1nc1ccccc12. The number of hydrogen-bond donors (Lipinski definition) is 1. The van der Waals surface area contributed by atoms with E-state index in [2.05, 4.69) is 16.0 Å². The minimum atomic E-state index is 0.649. The summed E-state index contributed by atoms with van der Waals surface area (Å²) in [4.78, 5) is 6.72. The fourth-order valence-corrected chi connectivity index (χ4v) is 3.12. The highest BCUT2D eigenvalue weighted by atomic mass is 35.5. The van der Waals surface area contributed by atoms with Gasteiger partial charge in [-0.2, -0.15) is 0 Å². The highest BCUT2D eigenvalue weighted by Crippen LogP contribution is 2.27. The molecule has 1 aliphatic heterocycles. The Bertz CT molecular complexity index is 856. The molecule has 3 aromatic rings. The third-order valence-electron chi connectivity index (χ3n) is 3.76. The molecule has 4 nitrogen and oxygen atoms in total. The van der Waals surface area contributed by atoms with E-state index in [-0.39, 0.29) is 0 Å². The first-order valence-electron chi connectivity index (χ1n) is 7.02. The molecule has 0 radical (unpaired) electrons. The Morgan fingerprint density at radius 3 is 2.68 bits per heavy atom. The van der Waals surface area contributed by atoms with Gasteiger partial charge in [0.25, 0.3) is 0 Å². The van der Waals surface area contributed by atoms with Crippen molar-refractivity contribution in [1.82, 2.24) is 9.55 Å². The lowest BCUT2D eigenvalue weighted by molar-refractivity contribution is 0.829. The number of thiocarbonyl (C=S) groups is 1. The summed E-state index contributed by atoms with van der Waals surface area (Å²) >= 11 is 11.4. The summed E-state index contributed by atoms with van der Waals surface area (Å²) in [5.41, 5.74) is 3.06. The second-order valence-corrected chi connectivity index (χ2v) is 5.96. The van der Waals surface area contributed by atoms with Crippen LogP contribution in [0.15, 0.2) is 48.5 Å². The molecule has 0 spiro atoms. The molecule has 110 valence electrons. The topological polar surface area (TPSA) is 33.1 Å².